The van der Waals surface area contributed by atoms with Crippen molar-refractivity contribution in [2.24, 2.45) is 0 Å². The molecule has 2 heterocycles. The predicted octanol–water partition coefficient (Wildman–Crippen LogP) is 3.51. The van der Waals surface area contributed by atoms with Crippen LogP contribution in [0.25, 0.3) is 10.9 Å². The van der Waals surface area contributed by atoms with Crippen molar-refractivity contribution >= 4 is 39.7 Å². The highest BCUT2D eigenvalue weighted by molar-refractivity contribution is 7.07. The summed E-state index contributed by atoms with van der Waals surface area (Å²) in [5, 5.41) is 6.24. The van der Waals surface area contributed by atoms with Gasteiger partial charge in [-0.05, 0) is 19.1 Å². The fourth-order valence-corrected chi connectivity index (χ4v) is 3.06. The van der Waals surface area contributed by atoms with Gasteiger partial charge in [0.15, 0.2) is 0 Å². The molecule has 1 aromatic carbocycles. The topological polar surface area (TPSA) is 76.2 Å². The third kappa shape index (κ3) is 4.31. The number of thiazole rings is 1. The number of fused-ring (bicyclic) bond motifs is 1. The van der Waals surface area contributed by atoms with Gasteiger partial charge in [0.1, 0.15) is 18.5 Å². The number of halogens is 1. The molecule has 0 unspecified atom stereocenters. The van der Waals surface area contributed by atoms with Gasteiger partial charge in [0.25, 0.3) is 0 Å². The molecule has 0 radical (unpaired) electrons. The molecule has 3 rings (SSSR count). The minimum Gasteiger partial charge on any atom is -0.486 e. The Bertz CT molecular complexity index is 864. The molecule has 6 nitrogen and oxygen atoms in total. The van der Waals surface area contributed by atoms with E-state index in [2.05, 4.69) is 15.3 Å². The first-order valence-corrected chi connectivity index (χ1v) is 9.00. The number of ether oxygens (including phenoxy) is 2. The summed E-state index contributed by atoms with van der Waals surface area (Å²) in [5.74, 6) is 0.430. The van der Waals surface area contributed by atoms with Crippen LogP contribution in [0.4, 0.5) is 0 Å². The Morgan fingerprint density at radius 1 is 1.44 bits per heavy atom. The second-order valence-electron chi connectivity index (χ2n) is 5.53. The number of aromatic amines is 1. The van der Waals surface area contributed by atoms with E-state index in [4.69, 9.17) is 21.1 Å². The smallest absolute Gasteiger partial charge is 0.249 e. The quantitative estimate of drug-likeness (QED) is 0.658. The van der Waals surface area contributed by atoms with E-state index in [1.54, 1.807) is 12.4 Å². The fraction of sp³-hybridized carbons (Fsp3) is 0.294. The average Bonchev–Trinajstić information content (AvgIpc) is 3.25. The van der Waals surface area contributed by atoms with E-state index in [1.165, 1.54) is 18.4 Å². The lowest BCUT2D eigenvalue weighted by atomic mass is 10.2. The molecule has 0 aliphatic rings. The van der Waals surface area contributed by atoms with Gasteiger partial charge in [-0.1, -0.05) is 11.6 Å². The SMILES string of the molecule is CO[C@@H](C)C(=O)NCc1cc2cc(Cl)c(OCc3cscn3)cc2[nH]1. The fourth-order valence-electron chi connectivity index (χ4n) is 2.29. The number of nitrogens with zero attached hydrogens (tertiary/aromatic N) is 1. The van der Waals surface area contributed by atoms with Gasteiger partial charge < -0.3 is 19.8 Å². The van der Waals surface area contributed by atoms with Crippen LogP contribution in [-0.2, 0) is 22.7 Å². The molecule has 0 saturated carbocycles. The van der Waals surface area contributed by atoms with Crippen LogP contribution in [0, 0.1) is 0 Å². The molecule has 0 spiro atoms. The first-order chi connectivity index (χ1) is 12.1. The number of methoxy groups -OCH3 is 1. The molecular weight excluding hydrogens is 362 g/mol. The van der Waals surface area contributed by atoms with E-state index < -0.39 is 6.10 Å². The lowest BCUT2D eigenvalue weighted by Gasteiger charge is -2.09. The molecule has 0 saturated heterocycles. The molecule has 132 valence electrons. The van der Waals surface area contributed by atoms with E-state index in [0.29, 0.717) is 23.9 Å². The lowest BCUT2D eigenvalue weighted by Crippen LogP contribution is -2.33. The number of H-pyrrole nitrogens is 1. The molecule has 1 atom stereocenters. The van der Waals surface area contributed by atoms with Gasteiger partial charge in [0.2, 0.25) is 5.91 Å². The summed E-state index contributed by atoms with van der Waals surface area (Å²) in [5.41, 5.74) is 4.39. The second-order valence-corrected chi connectivity index (χ2v) is 6.65. The summed E-state index contributed by atoms with van der Waals surface area (Å²) in [6.07, 6.45) is -0.482. The van der Waals surface area contributed by atoms with Crippen molar-refractivity contribution in [1.82, 2.24) is 15.3 Å². The molecule has 1 amide bonds. The van der Waals surface area contributed by atoms with Crippen LogP contribution < -0.4 is 10.1 Å². The van der Waals surface area contributed by atoms with Crippen LogP contribution in [0.3, 0.4) is 0 Å². The van der Waals surface area contributed by atoms with Crippen LogP contribution in [0.5, 0.6) is 5.75 Å². The summed E-state index contributed by atoms with van der Waals surface area (Å²) >= 11 is 7.82. The second kappa shape index (κ2) is 7.86. The number of nitrogens with one attached hydrogen (secondary N) is 2. The van der Waals surface area contributed by atoms with Gasteiger partial charge in [0, 0.05) is 35.2 Å². The normalized spacial score (nSPS) is 12.3. The highest BCUT2D eigenvalue weighted by Gasteiger charge is 2.12. The lowest BCUT2D eigenvalue weighted by molar-refractivity contribution is -0.130. The van der Waals surface area contributed by atoms with Crippen molar-refractivity contribution in [3.05, 3.63) is 45.5 Å². The molecule has 2 N–H and O–H groups in total. The number of benzene rings is 1. The minimum atomic E-state index is -0.482. The Morgan fingerprint density at radius 2 is 2.28 bits per heavy atom. The van der Waals surface area contributed by atoms with E-state index >= 15 is 0 Å². The molecule has 3 aromatic rings. The number of carbonyl (C=O) groups is 1. The first kappa shape index (κ1) is 17.7. The maximum atomic E-state index is 11.8. The van der Waals surface area contributed by atoms with Crippen LogP contribution in [0.2, 0.25) is 5.02 Å². The van der Waals surface area contributed by atoms with Crippen LogP contribution in [0.15, 0.2) is 29.1 Å². The predicted molar refractivity (Wildman–Crippen MR) is 98.1 cm³/mol. The zero-order chi connectivity index (χ0) is 17.8. The summed E-state index contributed by atoms with van der Waals surface area (Å²) in [7, 11) is 1.50. The Morgan fingerprint density at radius 3 is 3.00 bits per heavy atom. The van der Waals surface area contributed by atoms with E-state index in [-0.39, 0.29) is 5.91 Å². The summed E-state index contributed by atoms with van der Waals surface area (Å²) < 4.78 is 10.7. The average molecular weight is 380 g/mol. The molecular formula is C17H18ClN3O3S. The maximum Gasteiger partial charge on any atom is 0.249 e. The van der Waals surface area contributed by atoms with Gasteiger partial charge in [-0.2, -0.15) is 0 Å². The Labute approximate surface area is 154 Å². The monoisotopic (exact) mass is 379 g/mol. The largest absolute Gasteiger partial charge is 0.486 e. The van der Waals surface area contributed by atoms with E-state index in [1.807, 2.05) is 23.6 Å². The van der Waals surface area contributed by atoms with Crippen LogP contribution >= 0.6 is 22.9 Å². The van der Waals surface area contributed by atoms with Crippen molar-refractivity contribution in [2.45, 2.75) is 26.2 Å². The van der Waals surface area contributed by atoms with Gasteiger partial charge in [-0.15, -0.1) is 11.3 Å². The summed E-state index contributed by atoms with van der Waals surface area (Å²) in [6.45, 7) is 2.45. The van der Waals surface area contributed by atoms with Crippen molar-refractivity contribution in [3.8, 4) is 5.75 Å². The highest BCUT2D eigenvalue weighted by atomic mass is 35.5. The number of amides is 1. The number of hydrogen-bond acceptors (Lipinski definition) is 5. The zero-order valence-corrected chi connectivity index (χ0v) is 15.4. The Hall–Kier alpha value is -2.09. The van der Waals surface area contributed by atoms with Gasteiger partial charge in [-0.3, -0.25) is 4.79 Å². The van der Waals surface area contributed by atoms with Crippen LogP contribution in [0.1, 0.15) is 18.3 Å². The standard InChI is InChI=1S/C17H18ClN3O3S/c1-10(23-2)17(22)19-6-12-3-11-4-14(18)16(5-15(11)21-12)24-7-13-8-25-9-20-13/h3-5,8-10,21H,6-7H2,1-2H3,(H,19,22)/t10-/m0/s1. The maximum absolute atomic E-state index is 11.8. The van der Waals surface area contributed by atoms with Crippen molar-refractivity contribution in [2.75, 3.05) is 7.11 Å². The third-order valence-corrected chi connectivity index (χ3v) is 4.69. The van der Waals surface area contributed by atoms with Crippen molar-refractivity contribution in [1.29, 1.82) is 0 Å². The Balaban J connectivity index is 1.70. The molecule has 0 aliphatic heterocycles. The molecule has 8 heteroatoms. The van der Waals surface area contributed by atoms with Crippen LogP contribution in [-0.4, -0.2) is 29.1 Å². The number of carbonyl (C=O) groups excluding carboxylic acids is 1. The molecule has 25 heavy (non-hydrogen) atoms. The number of aromatic nitrogens is 2. The number of rotatable bonds is 7. The number of hydrogen-bond donors (Lipinski definition) is 2. The van der Waals surface area contributed by atoms with Crippen molar-refractivity contribution < 1.29 is 14.3 Å². The molecule has 0 bridgehead atoms. The van der Waals surface area contributed by atoms with E-state index in [0.717, 1.165) is 22.3 Å². The molecule has 0 aliphatic carbocycles. The summed E-state index contributed by atoms with van der Waals surface area (Å²) in [4.78, 5) is 19.2. The molecule has 2 aromatic heterocycles. The summed E-state index contributed by atoms with van der Waals surface area (Å²) in [6, 6.07) is 5.64. The minimum absolute atomic E-state index is 0.161. The van der Waals surface area contributed by atoms with Gasteiger partial charge in [-0.25, -0.2) is 4.98 Å². The van der Waals surface area contributed by atoms with Crippen molar-refractivity contribution in [3.63, 3.8) is 0 Å². The van der Waals surface area contributed by atoms with Gasteiger partial charge in [0.05, 0.1) is 22.8 Å². The van der Waals surface area contributed by atoms with Gasteiger partial charge >= 0.3 is 0 Å². The third-order valence-electron chi connectivity index (χ3n) is 3.76. The Kier molecular flexibility index (Phi) is 5.57. The van der Waals surface area contributed by atoms with E-state index in [9.17, 15) is 4.79 Å². The first-order valence-electron chi connectivity index (χ1n) is 7.68. The highest BCUT2D eigenvalue weighted by Crippen LogP contribution is 2.31. The molecule has 0 fully saturated rings. The zero-order valence-electron chi connectivity index (χ0n) is 13.8.